The largest absolute Gasteiger partial charge is 0.524 e. The van der Waals surface area contributed by atoms with Crippen LogP contribution in [0.2, 0.25) is 0 Å². The minimum Gasteiger partial charge on any atom is -0.403 e. The normalized spacial score (nSPS) is 11.9. The van der Waals surface area contributed by atoms with Crippen LogP contribution in [0, 0.1) is 0 Å². The Hall–Kier alpha value is -1.72. The molecule has 0 fully saturated rings. The van der Waals surface area contributed by atoms with Gasteiger partial charge in [0.15, 0.2) is 5.43 Å². The Labute approximate surface area is 117 Å². The highest BCUT2D eigenvalue weighted by Gasteiger charge is 2.19. The van der Waals surface area contributed by atoms with E-state index in [4.69, 9.17) is 9.79 Å². The van der Waals surface area contributed by atoms with E-state index in [1.807, 2.05) is 12.1 Å². The first-order valence-electron chi connectivity index (χ1n) is 5.65. The maximum atomic E-state index is 12.5. The molecule has 0 spiro atoms. The van der Waals surface area contributed by atoms with Gasteiger partial charge in [-0.25, -0.2) is 4.57 Å². The summed E-state index contributed by atoms with van der Waals surface area (Å²) >= 11 is 1.37. The summed E-state index contributed by atoms with van der Waals surface area (Å²) in [5, 5.41) is 0.700. The molecule has 2 aromatic carbocycles. The van der Waals surface area contributed by atoms with Crippen LogP contribution in [0.5, 0.6) is 5.75 Å². The summed E-state index contributed by atoms with van der Waals surface area (Å²) in [6.07, 6.45) is 0. The lowest BCUT2D eigenvalue weighted by Gasteiger charge is -2.09. The minimum absolute atomic E-state index is 0.0946. The Balaban J connectivity index is 2.42. The average Bonchev–Trinajstić information content (AvgIpc) is 2.37. The topological polar surface area (TPSA) is 83.8 Å². The maximum Gasteiger partial charge on any atom is 0.524 e. The lowest BCUT2D eigenvalue weighted by atomic mass is 10.2. The van der Waals surface area contributed by atoms with E-state index in [0.717, 1.165) is 4.70 Å². The molecule has 7 heteroatoms. The first-order chi connectivity index (χ1) is 9.46. The third kappa shape index (κ3) is 2.34. The van der Waals surface area contributed by atoms with Crippen LogP contribution in [0.25, 0.3) is 20.2 Å². The molecule has 0 radical (unpaired) electrons. The summed E-state index contributed by atoms with van der Waals surface area (Å²) in [6, 6.07) is 11.8. The maximum absolute atomic E-state index is 12.5. The molecule has 0 bridgehead atoms. The van der Waals surface area contributed by atoms with Gasteiger partial charge in [-0.3, -0.25) is 14.6 Å². The van der Waals surface area contributed by atoms with Crippen LogP contribution in [0.15, 0.2) is 47.3 Å². The summed E-state index contributed by atoms with van der Waals surface area (Å²) in [4.78, 5) is 30.3. The quantitative estimate of drug-likeness (QED) is 0.562. The van der Waals surface area contributed by atoms with Crippen molar-refractivity contribution in [2.45, 2.75) is 0 Å². The Kier molecular flexibility index (Phi) is 3.11. The zero-order chi connectivity index (χ0) is 14.3. The zero-order valence-electron chi connectivity index (χ0n) is 10.0. The van der Waals surface area contributed by atoms with Gasteiger partial charge in [0, 0.05) is 14.8 Å². The molecule has 102 valence electrons. The smallest absolute Gasteiger partial charge is 0.403 e. The summed E-state index contributed by atoms with van der Waals surface area (Å²) in [5.41, 5.74) is -0.293. The molecule has 1 aromatic heterocycles. The second-order valence-electron chi connectivity index (χ2n) is 4.14. The third-order valence-corrected chi connectivity index (χ3v) is 4.35. The van der Waals surface area contributed by atoms with Gasteiger partial charge in [-0.1, -0.05) is 18.2 Å². The molecule has 5 nitrogen and oxygen atoms in total. The van der Waals surface area contributed by atoms with Crippen molar-refractivity contribution in [3.05, 3.63) is 52.7 Å². The van der Waals surface area contributed by atoms with Gasteiger partial charge < -0.3 is 4.52 Å². The van der Waals surface area contributed by atoms with Crippen molar-refractivity contribution >= 4 is 39.3 Å². The van der Waals surface area contributed by atoms with Crippen molar-refractivity contribution in [1.82, 2.24) is 0 Å². The fourth-order valence-corrected chi connectivity index (χ4v) is 3.52. The number of phosphoric acid groups is 1. The number of fused-ring (bicyclic) bond motifs is 2. The second-order valence-corrected chi connectivity index (χ2v) is 6.39. The van der Waals surface area contributed by atoms with Crippen molar-refractivity contribution in [3.8, 4) is 5.75 Å². The van der Waals surface area contributed by atoms with Crippen LogP contribution >= 0.6 is 19.2 Å². The molecular formula is C13H9O5PS. The standard InChI is InChI=1S/C13H9O5PS/c14-13-8-4-1-2-6-10(8)20-11-7-3-5-9(12(11)13)18-19(15,16)17/h1-7H,(H2,15,16,17). The highest BCUT2D eigenvalue weighted by atomic mass is 32.1. The molecule has 0 aliphatic heterocycles. The highest BCUT2D eigenvalue weighted by molar-refractivity contribution is 7.46. The molecule has 0 saturated heterocycles. The van der Waals surface area contributed by atoms with E-state index in [0.29, 0.717) is 10.1 Å². The van der Waals surface area contributed by atoms with Crippen LogP contribution in [0.3, 0.4) is 0 Å². The first-order valence-corrected chi connectivity index (χ1v) is 8.00. The van der Waals surface area contributed by atoms with E-state index < -0.39 is 7.82 Å². The molecule has 0 aliphatic rings. The Morgan fingerprint density at radius 1 is 1.00 bits per heavy atom. The van der Waals surface area contributed by atoms with E-state index in [1.54, 1.807) is 24.3 Å². The second kappa shape index (κ2) is 4.68. The minimum atomic E-state index is -4.71. The Bertz CT molecular complexity index is 911. The van der Waals surface area contributed by atoms with E-state index >= 15 is 0 Å². The van der Waals surface area contributed by atoms with Crippen LogP contribution in [-0.2, 0) is 4.57 Å². The molecule has 0 saturated carbocycles. The van der Waals surface area contributed by atoms with E-state index in [-0.39, 0.29) is 16.6 Å². The molecule has 0 unspecified atom stereocenters. The summed E-state index contributed by atoms with van der Waals surface area (Å²) < 4.78 is 17.1. The predicted octanol–water partition coefficient (Wildman–Crippen LogP) is 2.89. The molecular weight excluding hydrogens is 299 g/mol. The van der Waals surface area contributed by atoms with Crippen molar-refractivity contribution in [2.24, 2.45) is 0 Å². The lowest BCUT2D eigenvalue weighted by molar-refractivity contribution is 0.284. The van der Waals surface area contributed by atoms with Crippen LogP contribution in [0.4, 0.5) is 0 Å². The molecule has 0 amide bonds. The Morgan fingerprint density at radius 2 is 1.70 bits per heavy atom. The van der Waals surface area contributed by atoms with Crippen LogP contribution in [0.1, 0.15) is 0 Å². The molecule has 3 aromatic rings. The van der Waals surface area contributed by atoms with E-state index in [1.165, 1.54) is 17.4 Å². The number of hydrogen-bond donors (Lipinski definition) is 2. The van der Waals surface area contributed by atoms with Crippen molar-refractivity contribution in [3.63, 3.8) is 0 Å². The lowest BCUT2D eigenvalue weighted by Crippen LogP contribution is -2.03. The first kappa shape index (κ1) is 13.3. The summed E-state index contributed by atoms with van der Waals surface area (Å²) in [6.45, 7) is 0. The highest BCUT2D eigenvalue weighted by Crippen LogP contribution is 2.40. The van der Waals surface area contributed by atoms with Crippen LogP contribution < -0.4 is 9.95 Å². The molecule has 3 rings (SSSR count). The predicted molar refractivity (Wildman–Crippen MR) is 78.3 cm³/mol. The molecule has 0 aliphatic carbocycles. The fourth-order valence-electron chi connectivity index (χ4n) is 2.02. The monoisotopic (exact) mass is 308 g/mol. The van der Waals surface area contributed by atoms with E-state index in [9.17, 15) is 9.36 Å². The van der Waals surface area contributed by atoms with Gasteiger partial charge in [0.1, 0.15) is 5.75 Å². The number of phosphoric ester groups is 1. The molecule has 2 N–H and O–H groups in total. The third-order valence-electron chi connectivity index (χ3n) is 2.78. The Morgan fingerprint density at radius 3 is 2.45 bits per heavy atom. The van der Waals surface area contributed by atoms with Crippen molar-refractivity contribution in [2.75, 3.05) is 0 Å². The van der Waals surface area contributed by atoms with Gasteiger partial charge in [-0.15, -0.1) is 11.3 Å². The summed E-state index contributed by atoms with van der Waals surface area (Å²) in [5.74, 6) is -0.0946. The summed E-state index contributed by atoms with van der Waals surface area (Å²) in [7, 11) is -4.71. The van der Waals surface area contributed by atoms with E-state index in [2.05, 4.69) is 4.52 Å². The number of rotatable bonds is 2. The number of benzene rings is 2. The van der Waals surface area contributed by atoms with Gasteiger partial charge in [-0.2, -0.15) is 0 Å². The molecule has 0 atom stereocenters. The average molecular weight is 308 g/mol. The van der Waals surface area contributed by atoms with Gasteiger partial charge in [0.05, 0.1) is 5.39 Å². The molecule has 20 heavy (non-hydrogen) atoms. The SMILES string of the molecule is O=c1c2ccccc2sc2cccc(OP(=O)(O)O)c12. The zero-order valence-corrected chi connectivity index (χ0v) is 11.7. The number of hydrogen-bond acceptors (Lipinski definition) is 4. The molecule has 1 heterocycles. The van der Waals surface area contributed by atoms with Gasteiger partial charge in [0.25, 0.3) is 0 Å². The van der Waals surface area contributed by atoms with Gasteiger partial charge in [0.2, 0.25) is 0 Å². The van der Waals surface area contributed by atoms with Crippen molar-refractivity contribution < 1.29 is 18.9 Å². The van der Waals surface area contributed by atoms with Crippen molar-refractivity contribution in [1.29, 1.82) is 0 Å². The van der Waals surface area contributed by atoms with Crippen LogP contribution in [-0.4, -0.2) is 9.79 Å². The van der Waals surface area contributed by atoms with Gasteiger partial charge in [-0.05, 0) is 24.3 Å². The fraction of sp³-hybridized carbons (Fsp3) is 0. The van der Waals surface area contributed by atoms with Gasteiger partial charge >= 0.3 is 7.82 Å².